The molecule has 1 N–H and O–H groups in total. The van der Waals surface area contributed by atoms with Crippen molar-refractivity contribution in [1.29, 1.82) is 0 Å². The summed E-state index contributed by atoms with van der Waals surface area (Å²) < 4.78 is 31.1. The van der Waals surface area contributed by atoms with E-state index >= 15 is 0 Å². The van der Waals surface area contributed by atoms with Gasteiger partial charge in [0.25, 0.3) is 0 Å². The maximum absolute atomic E-state index is 10.0. The molecule has 6 aromatic carbocycles. The minimum Gasteiger partial charge on any atom is -0.512 e. The number of benzene rings is 6. The number of rotatable bonds is 7. The molecular formula is C58H48Ir3N3O2-3. The second-order valence-electron chi connectivity index (χ2n) is 14.2. The molecule has 0 aliphatic carbocycles. The summed E-state index contributed by atoms with van der Waals surface area (Å²) in [5.74, 6) is -0.0625. The Hall–Kier alpha value is -6.07. The molecule has 0 fully saturated rings. The molecular weight excluding hydrogens is 1350 g/mol. The van der Waals surface area contributed by atoms with E-state index in [0.29, 0.717) is 5.69 Å². The number of aromatic nitrogens is 3. The van der Waals surface area contributed by atoms with E-state index in [0.717, 1.165) is 55.9 Å². The van der Waals surface area contributed by atoms with E-state index in [-0.39, 0.29) is 102 Å². The maximum Gasteiger partial charge on any atom is 0.155 e. The van der Waals surface area contributed by atoms with Crippen molar-refractivity contribution < 1.29 is 75.7 Å². The molecule has 0 aliphatic rings. The zero-order valence-electron chi connectivity index (χ0n) is 40.6. The Morgan fingerprint density at radius 3 is 1.32 bits per heavy atom. The molecule has 3 aromatic heterocycles. The van der Waals surface area contributed by atoms with E-state index in [2.05, 4.69) is 95.5 Å². The zero-order valence-corrected chi connectivity index (χ0v) is 43.8. The van der Waals surface area contributed by atoms with Gasteiger partial charge in [0.2, 0.25) is 0 Å². The van der Waals surface area contributed by atoms with Crippen LogP contribution in [0, 0.1) is 32.0 Å². The Morgan fingerprint density at radius 1 is 0.500 bits per heavy atom. The van der Waals surface area contributed by atoms with Crippen molar-refractivity contribution in [3.05, 3.63) is 248 Å². The Kier molecular flexibility index (Phi) is 20.9. The van der Waals surface area contributed by atoms with E-state index in [4.69, 9.17) is 10.6 Å². The average molecular weight is 1400 g/mol. The van der Waals surface area contributed by atoms with Gasteiger partial charge in [0, 0.05) is 87.7 Å². The predicted octanol–water partition coefficient (Wildman–Crippen LogP) is 14.3. The number of nitrogens with zero attached hydrogens (tertiary/aromatic N) is 3. The van der Waals surface area contributed by atoms with Gasteiger partial charge in [-0.05, 0) is 92.0 Å². The number of pyridine rings is 3. The number of carbonyl (C=O) groups excluding carboxylic acids is 1. The van der Waals surface area contributed by atoms with Crippen LogP contribution in [0.4, 0.5) is 0 Å². The molecule has 0 spiro atoms. The molecule has 8 heteroatoms. The summed E-state index contributed by atoms with van der Waals surface area (Å²) in [6.45, 7) is 6.95. The van der Waals surface area contributed by atoms with Crippen LogP contribution in [0.1, 0.15) is 30.5 Å². The molecule has 66 heavy (non-hydrogen) atoms. The first kappa shape index (κ1) is 47.9. The molecule has 0 atom stereocenters. The van der Waals surface area contributed by atoms with Crippen molar-refractivity contribution in [2.24, 2.45) is 0 Å². The minimum atomic E-state index is -0.282. The zero-order chi connectivity index (χ0) is 47.7. The van der Waals surface area contributed by atoms with E-state index in [1.54, 1.807) is 12.3 Å². The molecule has 337 valence electrons. The second kappa shape index (κ2) is 28.8. The number of allylic oxidation sites excluding steroid dienone is 2. The third kappa shape index (κ3) is 16.7. The Bertz CT molecular complexity index is 2780. The molecule has 0 amide bonds. The average Bonchev–Trinajstić information content (AvgIpc) is 3.36. The maximum atomic E-state index is 10.0. The SMILES string of the molecule is CC(=O)C=C(C)O.[2H]c1[c-]c(-c2ccc(-c3c(C)cccc3C)cn2)c([2H])c([2H])c1[2H].[Ir].[Ir].[Ir].[c-]1ccccc1-c1ccc(-c2ccccc2)cn1.[c-]1ccccc1-c1ccc(-c2ccccc2)cn1. The number of hydrogen-bond donors (Lipinski definition) is 1. The third-order valence-electron chi connectivity index (χ3n) is 9.41. The number of aryl methyl sites for hydroxylation is 2. The molecule has 0 bridgehead atoms. The van der Waals surface area contributed by atoms with Gasteiger partial charge in [-0.2, -0.15) is 0 Å². The summed E-state index contributed by atoms with van der Waals surface area (Å²) in [7, 11) is 0. The quantitative estimate of drug-likeness (QED) is 0.0978. The van der Waals surface area contributed by atoms with E-state index in [1.807, 2.05) is 122 Å². The van der Waals surface area contributed by atoms with Crippen LogP contribution < -0.4 is 0 Å². The van der Waals surface area contributed by atoms with Crippen molar-refractivity contribution in [2.75, 3.05) is 0 Å². The van der Waals surface area contributed by atoms with E-state index in [1.165, 1.54) is 31.1 Å². The summed E-state index contributed by atoms with van der Waals surface area (Å²) in [4.78, 5) is 23.4. The summed E-state index contributed by atoms with van der Waals surface area (Å²) >= 11 is 0. The van der Waals surface area contributed by atoms with Crippen LogP contribution in [0.5, 0.6) is 0 Å². The fraction of sp³-hybridized carbons (Fsp3) is 0.0690. The van der Waals surface area contributed by atoms with Gasteiger partial charge in [0.05, 0.1) is 5.76 Å². The van der Waals surface area contributed by atoms with Crippen LogP contribution in [0.15, 0.2) is 218 Å². The fourth-order valence-corrected chi connectivity index (χ4v) is 6.45. The molecule has 5 nitrogen and oxygen atoms in total. The third-order valence-corrected chi connectivity index (χ3v) is 9.41. The van der Waals surface area contributed by atoms with Crippen LogP contribution in [0.25, 0.3) is 67.2 Å². The normalized spacial score (nSPS) is 10.8. The first-order valence-corrected chi connectivity index (χ1v) is 20.3. The molecule has 3 heterocycles. The van der Waals surface area contributed by atoms with Gasteiger partial charge in [-0.25, -0.2) is 0 Å². The minimum absolute atomic E-state index is 0. The number of aliphatic hydroxyl groups excluding tert-OH is 1. The van der Waals surface area contributed by atoms with Gasteiger partial charge < -0.3 is 20.1 Å². The number of aliphatic hydroxyl groups is 1. The second-order valence-corrected chi connectivity index (χ2v) is 14.2. The number of ketones is 1. The van der Waals surface area contributed by atoms with Crippen molar-refractivity contribution in [1.82, 2.24) is 15.0 Å². The molecule has 0 saturated carbocycles. The van der Waals surface area contributed by atoms with Gasteiger partial charge in [-0.15, -0.1) is 108 Å². The predicted molar refractivity (Wildman–Crippen MR) is 258 cm³/mol. The molecule has 9 rings (SSSR count). The van der Waals surface area contributed by atoms with E-state index < -0.39 is 0 Å². The van der Waals surface area contributed by atoms with E-state index in [9.17, 15) is 4.79 Å². The van der Waals surface area contributed by atoms with Gasteiger partial charge >= 0.3 is 0 Å². The summed E-state index contributed by atoms with van der Waals surface area (Å²) in [6.07, 6.45) is 6.72. The standard InChI is InChI=1S/C19H16N.2C17H12N.C5H8O2.3Ir/c1-14-7-6-8-15(2)19(14)17-11-12-18(20-13-17)16-9-4-3-5-10-16;2*1-3-7-14(8-4-1)16-11-12-17(18-13-16)15-9-5-2-6-10-15;1-4(6)3-5(2)7;;;/h3-9,11-13H,1-2H3;2*1-9,11-13H;3,6H,1-2H3;;;/q3*-1;;;;/i3D,4D,5D,9D;;;;;;. The smallest absolute Gasteiger partial charge is 0.155 e. The Labute approximate surface area is 435 Å². The topological polar surface area (TPSA) is 76.0 Å². The van der Waals surface area contributed by atoms with Crippen LogP contribution in [-0.4, -0.2) is 25.8 Å². The van der Waals surface area contributed by atoms with Crippen molar-refractivity contribution in [2.45, 2.75) is 27.7 Å². The Balaban J connectivity index is 0.000000257. The molecule has 0 aliphatic heterocycles. The first-order chi connectivity index (χ1) is 32.4. The van der Waals surface area contributed by atoms with Crippen LogP contribution in [0.2, 0.25) is 0 Å². The molecule has 3 radical (unpaired) electrons. The molecule has 9 aromatic rings. The van der Waals surface area contributed by atoms with Gasteiger partial charge in [-0.3, -0.25) is 4.79 Å². The summed E-state index contributed by atoms with van der Waals surface area (Å²) in [5.41, 5.74) is 13.8. The van der Waals surface area contributed by atoms with Crippen LogP contribution in [0.3, 0.4) is 0 Å². The van der Waals surface area contributed by atoms with Gasteiger partial charge in [0.15, 0.2) is 5.78 Å². The number of carbonyl (C=O) groups is 1. The Morgan fingerprint density at radius 2 is 0.939 bits per heavy atom. The number of hydrogen-bond acceptors (Lipinski definition) is 5. The van der Waals surface area contributed by atoms with Crippen molar-refractivity contribution in [3.8, 4) is 67.2 Å². The van der Waals surface area contributed by atoms with Gasteiger partial charge in [-0.1, -0.05) is 115 Å². The summed E-state index contributed by atoms with van der Waals surface area (Å²) in [6, 6.07) is 62.6. The van der Waals surface area contributed by atoms with Crippen LogP contribution >= 0.6 is 0 Å². The largest absolute Gasteiger partial charge is 0.512 e. The van der Waals surface area contributed by atoms with Gasteiger partial charge in [0.1, 0.15) is 0 Å². The van der Waals surface area contributed by atoms with Crippen molar-refractivity contribution in [3.63, 3.8) is 0 Å². The van der Waals surface area contributed by atoms with Crippen LogP contribution in [-0.2, 0) is 65.1 Å². The summed E-state index contributed by atoms with van der Waals surface area (Å²) in [5, 5.41) is 8.36. The first-order valence-electron chi connectivity index (χ1n) is 22.3. The molecule has 0 unspecified atom stereocenters. The molecule has 0 saturated heterocycles. The fourth-order valence-electron chi connectivity index (χ4n) is 6.45. The monoisotopic (exact) mass is 1400 g/mol. The van der Waals surface area contributed by atoms with Crippen molar-refractivity contribution >= 4 is 5.78 Å².